The zero-order valence-corrected chi connectivity index (χ0v) is 16.4. The molecule has 3 nitrogen and oxygen atoms in total. The standard InChI is InChI=1S/C24H21NO2S/c1-18-10-5-7-15-21(18)24(25-28(26,27)20-13-3-2-4-14-20)23-17-9-12-19-11-6-8-16-22(19)23/h2-17,24-25H,1H3. The number of hydrogen-bond donors (Lipinski definition) is 1. The molecule has 4 aromatic rings. The van der Waals surface area contributed by atoms with E-state index in [0.717, 1.165) is 27.5 Å². The SMILES string of the molecule is Cc1ccccc1C(NS(=O)(=O)c1ccccc1)c1cccc2ccccc12. The molecule has 0 radical (unpaired) electrons. The van der Waals surface area contributed by atoms with E-state index in [0.29, 0.717) is 0 Å². The summed E-state index contributed by atoms with van der Waals surface area (Å²) in [6, 6.07) is 29.9. The Morgan fingerprint density at radius 1 is 0.679 bits per heavy atom. The van der Waals surface area contributed by atoms with Crippen LogP contribution in [-0.2, 0) is 10.0 Å². The van der Waals surface area contributed by atoms with Crippen molar-refractivity contribution in [3.63, 3.8) is 0 Å². The first kappa shape index (κ1) is 18.4. The second kappa shape index (κ2) is 7.58. The molecule has 0 spiro atoms. The van der Waals surface area contributed by atoms with Gasteiger partial charge in [0, 0.05) is 0 Å². The van der Waals surface area contributed by atoms with E-state index in [4.69, 9.17) is 0 Å². The molecule has 0 bridgehead atoms. The van der Waals surface area contributed by atoms with Gasteiger partial charge in [-0.25, -0.2) is 8.42 Å². The van der Waals surface area contributed by atoms with E-state index in [1.54, 1.807) is 24.3 Å². The molecule has 0 aliphatic carbocycles. The summed E-state index contributed by atoms with van der Waals surface area (Å²) in [5.74, 6) is 0. The molecule has 0 saturated heterocycles. The number of hydrogen-bond acceptors (Lipinski definition) is 2. The Morgan fingerprint density at radius 2 is 1.29 bits per heavy atom. The monoisotopic (exact) mass is 387 g/mol. The average molecular weight is 388 g/mol. The summed E-state index contributed by atoms with van der Waals surface area (Å²) in [6.07, 6.45) is 0. The maximum Gasteiger partial charge on any atom is 0.241 e. The number of rotatable bonds is 5. The third kappa shape index (κ3) is 3.57. The Morgan fingerprint density at radius 3 is 2.07 bits per heavy atom. The lowest BCUT2D eigenvalue weighted by molar-refractivity contribution is 0.572. The van der Waals surface area contributed by atoms with Gasteiger partial charge in [-0.3, -0.25) is 0 Å². The van der Waals surface area contributed by atoms with Crippen molar-refractivity contribution >= 4 is 20.8 Å². The van der Waals surface area contributed by atoms with E-state index < -0.39 is 16.1 Å². The van der Waals surface area contributed by atoms with Gasteiger partial charge in [0.2, 0.25) is 10.0 Å². The Balaban J connectivity index is 1.90. The first-order chi connectivity index (χ1) is 13.6. The van der Waals surface area contributed by atoms with Crippen LogP contribution in [0, 0.1) is 6.92 Å². The molecule has 4 rings (SSSR count). The minimum atomic E-state index is -3.69. The second-order valence-electron chi connectivity index (χ2n) is 6.79. The summed E-state index contributed by atoms with van der Waals surface area (Å²) < 4.78 is 29.2. The van der Waals surface area contributed by atoms with E-state index in [1.165, 1.54) is 0 Å². The number of aryl methyl sites for hydroxylation is 1. The Kier molecular flexibility index (Phi) is 4.99. The van der Waals surface area contributed by atoms with Gasteiger partial charge in [0.05, 0.1) is 10.9 Å². The second-order valence-corrected chi connectivity index (χ2v) is 8.51. The van der Waals surface area contributed by atoms with Crippen LogP contribution >= 0.6 is 0 Å². The fourth-order valence-electron chi connectivity index (χ4n) is 3.53. The molecule has 0 fully saturated rings. The summed E-state index contributed by atoms with van der Waals surface area (Å²) in [6.45, 7) is 2.00. The molecule has 1 atom stereocenters. The summed E-state index contributed by atoms with van der Waals surface area (Å²) >= 11 is 0. The predicted octanol–water partition coefficient (Wildman–Crippen LogP) is 5.22. The van der Waals surface area contributed by atoms with Crippen molar-refractivity contribution in [2.45, 2.75) is 17.9 Å². The van der Waals surface area contributed by atoms with Crippen molar-refractivity contribution < 1.29 is 8.42 Å². The lowest BCUT2D eigenvalue weighted by Crippen LogP contribution is -2.30. The van der Waals surface area contributed by atoms with Crippen LogP contribution in [0.2, 0.25) is 0 Å². The predicted molar refractivity (Wildman–Crippen MR) is 114 cm³/mol. The molecule has 0 aromatic heterocycles. The third-order valence-electron chi connectivity index (χ3n) is 4.96. The minimum absolute atomic E-state index is 0.258. The molecule has 4 heteroatoms. The highest BCUT2D eigenvalue weighted by molar-refractivity contribution is 7.89. The number of fused-ring (bicyclic) bond motifs is 1. The highest BCUT2D eigenvalue weighted by Crippen LogP contribution is 2.32. The lowest BCUT2D eigenvalue weighted by Gasteiger charge is -2.23. The molecule has 4 aromatic carbocycles. The molecule has 0 heterocycles. The van der Waals surface area contributed by atoms with Crippen molar-refractivity contribution in [3.05, 3.63) is 114 Å². The summed E-state index contributed by atoms with van der Waals surface area (Å²) in [5, 5.41) is 2.12. The van der Waals surface area contributed by atoms with Crippen LogP contribution < -0.4 is 4.72 Å². The first-order valence-corrected chi connectivity index (χ1v) is 10.7. The van der Waals surface area contributed by atoms with Crippen LogP contribution in [0.5, 0.6) is 0 Å². The van der Waals surface area contributed by atoms with Crippen LogP contribution in [0.15, 0.2) is 102 Å². The van der Waals surface area contributed by atoms with Gasteiger partial charge >= 0.3 is 0 Å². The molecule has 28 heavy (non-hydrogen) atoms. The Labute approximate surface area is 165 Å². The van der Waals surface area contributed by atoms with E-state index >= 15 is 0 Å². The summed E-state index contributed by atoms with van der Waals surface area (Å²) in [5.41, 5.74) is 2.92. The number of benzene rings is 4. The molecular formula is C24H21NO2S. The quantitative estimate of drug-likeness (QED) is 0.510. The minimum Gasteiger partial charge on any atom is -0.207 e. The molecule has 0 aliphatic heterocycles. The van der Waals surface area contributed by atoms with Crippen molar-refractivity contribution in [2.75, 3.05) is 0 Å². The van der Waals surface area contributed by atoms with Crippen molar-refractivity contribution in [3.8, 4) is 0 Å². The van der Waals surface area contributed by atoms with Gasteiger partial charge in [0.25, 0.3) is 0 Å². The molecular weight excluding hydrogens is 366 g/mol. The fraction of sp³-hybridized carbons (Fsp3) is 0.0833. The van der Waals surface area contributed by atoms with Gasteiger partial charge < -0.3 is 0 Å². The van der Waals surface area contributed by atoms with Gasteiger partial charge in [-0.15, -0.1) is 0 Å². The van der Waals surface area contributed by atoms with E-state index in [-0.39, 0.29) is 4.90 Å². The van der Waals surface area contributed by atoms with Crippen molar-refractivity contribution in [2.24, 2.45) is 0 Å². The van der Waals surface area contributed by atoms with Crippen LogP contribution in [0.3, 0.4) is 0 Å². The highest BCUT2D eigenvalue weighted by atomic mass is 32.2. The molecule has 1 unspecified atom stereocenters. The van der Waals surface area contributed by atoms with Crippen LogP contribution in [0.25, 0.3) is 10.8 Å². The van der Waals surface area contributed by atoms with E-state index in [1.807, 2.05) is 79.7 Å². The largest absolute Gasteiger partial charge is 0.241 e. The molecule has 0 saturated carbocycles. The number of sulfonamides is 1. The maximum absolute atomic E-state index is 13.1. The summed E-state index contributed by atoms with van der Waals surface area (Å²) in [4.78, 5) is 0.258. The normalized spacial score (nSPS) is 12.8. The van der Waals surface area contributed by atoms with Crippen molar-refractivity contribution in [1.29, 1.82) is 0 Å². The van der Waals surface area contributed by atoms with Gasteiger partial charge in [-0.2, -0.15) is 4.72 Å². The highest BCUT2D eigenvalue weighted by Gasteiger charge is 2.25. The molecule has 0 amide bonds. The van der Waals surface area contributed by atoms with Crippen LogP contribution in [0.1, 0.15) is 22.7 Å². The average Bonchev–Trinajstić information content (AvgIpc) is 2.73. The Bertz CT molecular complexity index is 1210. The lowest BCUT2D eigenvalue weighted by atomic mass is 9.92. The maximum atomic E-state index is 13.1. The van der Waals surface area contributed by atoms with Crippen LogP contribution in [0.4, 0.5) is 0 Å². The zero-order chi connectivity index (χ0) is 19.6. The Hall–Kier alpha value is -2.95. The van der Waals surface area contributed by atoms with Gasteiger partial charge in [-0.1, -0.05) is 84.9 Å². The molecule has 0 aliphatic rings. The van der Waals surface area contributed by atoms with Gasteiger partial charge in [0.1, 0.15) is 0 Å². The van der Waals surface area contributed by atoms with Gasteiger partial charge in [-0.05, 0) is 46.5 Å². The van der Waals surface area contributed by atoms with E-state index in [9.17, 15) is 8.42 Å². The number of nitrogens with one attached hydrogen (secondary N) is 1. The smallest absolute Gasteiger partial charge is 0.207 e. The van der Waals surface area contributed by atoms with Crippen LogP contribution in [-0.4, -0.2) is 8.42 Å². The molecule has 1 N–H and O–H groups in total. The van der Waals surface area contributed by atoms with Crippen molar-refractivity contribution in [1.82, 2.24) is 4.72 Å². The first-order valence-electron chi connectivity index (χ1n) is 9.17. The zero-order valence-electron chi connectivity index (χ0n) is 15.5. The fourth-order valence-corrected chi connectivity index (χ4v) is 4.75. The topological polar surface area (TPSA) is 46.2 Å². The molecule has 140 valence electrons. The third-order valence-corrected chi connectivity index (χ3v) is 6.40. The van der Waals surface area contributed by atoms with E-state index in [2.05, 4.69) is 4.72 Å². The van der Waals surface area contributed by atoms with Gasteiger partial charge in [0.15, 0.2) is 0 Å². The summed E-state index contributed by atoms with van der Waals surface area (Å²) in [7, 11) is -3.69.